The Morgan fingerprint density at radius 1 is 1.20 bits per heavy atom. The minimum atomic E-state index is -0.668. The topological polar surface area (TPSA) is 96.5 Å². The van der Waals surface area contributed by atoms with E-state index in [1.807, 2.05) is 0 Å². The van der Waals surface area contributed by atoms with Crippen molar-refractivity contribution < 1.29 is 19.1 Å². The van der Waals surface area contributed by atoms with Crippen molar-refractivity contribution in [3.8, 4) is 5.75 Å². The second kappa shape index (κ2) is 5.71. The highest BCUT2D eigenvalue weighted by Gasteiger charge is 2.47. The first kappa shape index (κ1) is 15.9. The summed E-state index contributed by atoms with van der Waals surface area (Å²) in [5.41, 5.74) is 0.764. The molecule has 1 fully saturated rings. The molecule has 4 rings (SSSR count). The summed E-state index contributed by atoms with van der Waals surface area (Å²) in [5.74, 6) is -0.886. The number of carbonyl (C=O) groups excluding carboxylic acids is 3. The molecule has 2 aromatic rings. The molecule has 2 aliphatic rings. The Balaban J connectivity index is 1.67. The van der Waals surface area contributed by atoms with Crippen LogP contribution < -0.4 is 14.5 Å². The molecule has 1 atom stereocenters. The van der Waals surface area contributed by atoms with Crippen molar-refractivity contribution in [2.75, 3.05) is 4.90 Å². The number of hydrogen-bond donors (Lipinski definition) is 1. The maximum Gasteiger partial charge on any atom is 0.308 e. The SMILES string of the molecule is CC(=O)Oc1ccc(N2C(=O)C3=Cc4sc(=O)[nH]c4SC3C2=O)cc1. The van der Waals surface area contributed by atoms with Gasteiger partial charge in [0.1, 0.15) is 11.0 Å². The number of ether oxygens (including phenoxy) is 1. The van der Waals surface area contributed by atoms with Gasteiger partial charge in [-0.2, -0.15) is 0 Å². The maximum atomic E-state index is 12.7. The number of anilines is 1. The Bertz CT molecular complexity index is 1000. The molecule has 7 nitrogen and oxygen atoms in total. The average molecular weight is 374 g/mol. The molecule has 0 saturated carbocycles. The third-order valence-electron chi connectivity index (χ3n) is 3.70. The van der Waals surface area contributed by atoms with Gasteiger partial charge in [0.05, 0.1) is 15.6 Å². The molecule has 126 valence electrons. The lowest BCUT2D eigenvalue weighted by Crippen LogP contribution is -2.31. The van der Waals surface area contributed by atoms with Crippen LogP contribution in [-0.2, 0) is 14.4 Å². The molecule has 1 saturated heterocycles. The highest BCUT2D eigenvalue weighted by molar-refractivity contribution is 8.01. The average Bonchev–Trinajstić information content (AvgIpc) is 3.03. The number of amides is 2. The predicted molar refractivity (Wildman–Crippen MR) is 92.8 cm³/mol. The lowest BCUT2D eigenvalue weighted by molar-refractivity contribution is -0.132. The molecule has 3 heterocycles. The zero-order valence-electron chi connectivity index (χ0n) is 12.8. The van der Waals surface area contributed by atoms with E-state index in [2.05, 4.69) is 4.98 Å². The fraction of sp³-hybridized carbons (Fsp3) is 0.125. The van der Waals surface area contributed by atoms with Crippen LogP contribution in [0.4, 0.5) is 5.69 Å². The first-order chi connectivity index (χ1) is 11.9. The van der Waals surface area contributed by atoms with Gasteiger partial charge in [-0.25, -0.2) is 4.90 Å². The van der Waals surface area contributed by atoms with Crippen LogP contribution in [0.2, 0.25) is 0 Å². The van der Waals surface area contributed by atoms with Gasteiger partial charge in [0.25, 0.3) is 11.8 Å². The summed E-state index contributed by atoms with van der Waals surface area (Å²) in [6.45, 7) is 1.29. The van der Waals surface area contributed by atoms with Crippen molar-refractivity contribution in [1.29, 1.82) is 0 Å². The number of imide groups is 1. The molecule has 2 amide bonds. The number of thiazole rings is 1. The van der Waals surface area contributed by atoms with Crippen molar-refractivity contribution in [3.05, 3.63) is 44.4 Å². The molecule has 1 aromatic heterocycles. The Hall–Kier alpha value is -2.65. The number of fused-ring (bicyclic) bond motifs is 2. The van der Waals surface area contributed by atoms with Crippen LogP contribution in [0.15, 0.2) is 39.7 Å². The zero-order valence-corrected chi connectivity index (χ0v) is 14.4. The lowest BCUT2D eigenvalue weighted by atomic mass is 10.2. The Morgan fingerprint density at radius 2 is 1.92 bits per heavy atom. The Morgan fingerprint density at radius 3 is 2.60 bits per heavy atom. The maximum absolute atomic E-state index is 12.7. The molecule has 0 bridgehead atoms. The van der Waals surface area contributed by atoms with E-state index in [0.717, 1.165) is 16.2 Å². The number of carbonyl (C=O) groups is 3. The zero-order chi connectivity index (χ0) is 17.7. The monoisotopic (exact) mass is 374 g/mol. The van der Waals surface area contributed by atoms with Crippen LogP contribution in [-0.4, -0.2) is 28.0 Å². The van der Waals surface area contributed by atoms with E-state index < -0.39 is 17.1 Å². The molecule has 0 spiro atoms. The molecular formula is C16H10N2O5S2. The number of hydrogen-bond acceptors (Lipinski definition) is 7. The van der Waals surface area contributed by atoms with Crippen LogP contribution in [0.5, 0.6) is 5.75 Å². The first-order valence-corrected chi connectivity index (χ1v) is 8.92. The number of nitrogens with zero attached hydrogens (tertiary/aromatic N) is 1. The molecule has 0 aliphatic carbocycles. The van der Waals surface area contributed by atoms with Crippen molar-refractivity contribution in [2.45, 2.75) is 17.2 Å². The van der Waals surface area contributed by atoms with Crippen molar-refractivity contribution in [1.82, 2.24) is 4.98 Å². The Kier molecular flexibility index (Phi) is 3.62. The number of H-pyrrole nitrogens is 1. The highest BCUT2D eigenvalue weighted by Crippen LogP contribution is 2.43. The summed E-state index contributed by atoms with van der Waals surface area (Å²) in [5, 5.41) is -0.0599. The van der Waals surface area contributed by atoms with Crippen molar-refractivity contribution in [3.63, 3.8) is 0 Å². The second-order valence-corrected chi connectivity index (χ2v) is 7.50. The highest BCUT2D eigenvalue weighted by atomic mass is 32.2. The third-order valence-corrected chi connectivity index (χ3v) is 5.91. The van der Waals surface area contributed by atoms with E-state index >= 15 is 0 Å². The van der Waals surface area contributed by atoms with Crippen LogP contribution >= 0.6 is 23.1 Å². The summed E-state index contributed by atoms with van der Waals surface area (Å²) < 4.78 is 4.95. The standard InChI is InChI=1S/C16H10N2O5S2/c1-7(19)23-9-4-2-8(3-5-9)18-14(20)10-6-11-13(17-16(22)24-11)25-12(10)15(18)21/h2-6,12H,1H3,(H,17,22). The van der Waals surface area contributed by atoms with Crippen molar-refractivity contribution in [2.24, 2.45) is 0 Å². The molecule has 2 aliphatic heterocycles. The summed E-state index contributed by atoms with van der Waals surface area (Å²) in [7, 11) is 0. The quantitative estimate of drug-likeness (QED) is 0.489. The van der Waals surface area contributed by atoms with Gasteiger partial charge < -0.3 is 9.72 Å². The van der Waals surface area contributed by atoms with E-state index in [4.69, 9.17) is 4.74 Å². The normalized spacial score (nSPS) is 18.7. The first-order valence-electron chi connectivity index (χ1n) is 7.22. The van der Waals surface area contributed by atoms with Gasteiger partial charge in [-0.1, -0.05) is 23.1 Å². The van der Waals surface area contributed by atoms with Crippen LogP contribution in [0.25, 0.3) is 6.08 Å². The fourth-order valence-corrected chi connectivity index (χ4v) is 4.77. The number of benzene rings is 1. The second-order valence-electron chi connectivity index (χ2n) is 5.37. The number of aromatic nitrogens is 1. The van der Waals surface area contributed by atoms with Crippen molar-refractivity contribution >= 4 is 52.6 Å². The van der Waals surface area contributed by atoms with Crippen LogP contribution in [0.1, 0.15) is 11.8 Å². The molecule has 1 N–H and O–H groups in total. The lowest BCUT2D eigenvalue weighted by Gasteiger charge is -2.14. The third kappa shape index (κ3) is 2.61. The van der Waals surface area contributed by atoms with Gasteiger partial charge in [-0.05, 0) is 30.3 Å². The van der Waals surface area contributed by atoms with Crippen LogP contribution in [0.3, 0.4) is 0 Å². The summed E-state index contributed by atoms with van der Waals surface area (Å²) in [6, 6.07) is 6.15. The minimum Gasteiger partial charge on any atom is -0.427 e. The molecule has 9 heteroatoms. The number of esters is 1. The van der Waals surface area contributed by atoms with Gasteiger partial charge in [-0.15, -0.1) is 0 Å². The summed E-state index contributed by atoms with van der Waals surface area (Å²) in [4.78, 5) is 52.0. The fourth-order valence-electron chi connectivity index (χ4n) is 2.68. The van der Waals surface area contributed by atoms with Crippen LogP contribution in [0, 0.1) is 0 Å². The van der Waals surface area contributed by atoms with E-state index in [1.54, 1.807) is 18.2 Å². The largest absolute Gasteiger partial charge is 0.427 e. The van der Waals surface area contributed by atoms with Gasteiger partial charge in [0, 0.05) is 12.5 Å². The number of rotatable bonds is 2. The van der Waals surface area contributed by atoms with Gasteiger partial charge >= 0.3 is 10.8 Å². The van der Waals surface area contributed by atoms with E-state index in [1.165, 1.54) is 30.8 Å². The van der Waals surface area contributed by atoms with Gasteiger partial charge in [-0.3, -0.25) is 19.2 Å². The smallest absolute Gasteiger partial charge is 0.308 e. The predicted octanol–water partition coefficient (Wildman–Crippen LogP) is 1.79. The van der Waals surface area contributed by atoms with E-state index in [-0.39, 0.29) is 10.8 Å². The molecule has 25 heavy (non-hydrogen) atoms. The number of thioether (sulfide) groups is 1. The minimum absolute atomic E-state index is 0.216. The van der Waals surface area contributed by atoms with Gasteiger partial charge in [0.15, 0.2) is 0 Å². The number of nitrogens with one attached hydrogen (secondary N) is 1. The molecule has 1 aromatic carbocycles. The molecule has 1 unspecified atom stereocenters. The molecule has 0 radical (unpaired) electrons. The molecular weight excluding hydrogens is 364 g/mol. The Labute approximate surface area is 149 Å². The summed E-state index contributed by atoms with van der Waals surface area (Å²) >= 11 is 2.18. The summed E-state index contributed by atoms with van der Waals surface area (Å²) in [6.07, 6.45) is 1.60. The van der Waals surface area contributed by atoms with E-state index in [9.17, 15) is 19.2 Å². The van der Waals surface area contributed by atoms with Gasteiger partial charge in [0.2, 0.25) is 0 Å². The van der Waals surface area contributed by atoms with E-state index in [0.29, 0.717) is 26.9 Å². The number of aromatic amines is 1.